The van der Waals surface area contributed by atoms with Gasteiger partial charge in [0, 0.05) is 120 Å². The molecule has 0 unspecified atom stereocenters. The van der Waals surface area contributed by atoms with Gasteiger partial charge in [-0.25, -0.2) is 23.1 Å². The first kappa shape index (κ1) is 58.0. The van der Waals surface area contributed by atoms with Gasteiger partial charge in [0.05, 0.1) is 65.3 Å². The van der Waals surface area contributed by atoms with Crippen molar-refractivity contribution in [2.24, 2.45) is 11.3 Å². The number of hydrogen-bond donors (Lipinski definition) is 4. The molecule has 456 valence electrons. The third-order valence-electron chi connectivity index (χ3n) is 19.7. The predicted octanol–water partition coefficient (Wildman–Crippen LogP) is 8.55. The van der Waals surface area contributed by atoms with Gasteiger partial charge in [0.1, 0.15) is 11.3 Å². The summed E-state index contributed by atoms with van der Waals surface area (Å²) in [5.74, 6) is 1.76. The van der Waals surface area contributed by atoms with Crippen LogP contribution in [-0.2, 0) is 26.0 Å². The van der Waals surface area contributed by atoms with Crippen LogP contribution in [0.2, 0.25) is 0 Å². The van der Waals surface area contributed by atoms with Crippen LogP contribution in [0.15, 0.2) is 96.2 Å². The summed E-state index contributed by atoms with van der Waals surface area (Å²) in [5, 5.41) is 27.0. The molecular formula is C64H80N12O9S. The number of piperidine rings is 1. The molecule has 0 radical (unpaired) electrons. The number of morpholine rings is 1. The van der Waals surface area contributed by atoms with Gasteiger partial charge in [0.25, 0.3) is 21.6 Å². The van der Waals surface area contributed by atoms with E-state index in [-0.39, 0.29) is 34.7 Å². The van der Waals surface area contributed by atoms with Gasteiger partial charge >= 0.3 is 0 Å². The number of ether oxygens (including phenoxy) is 3. The minimum atomic E-state index is -4.63. The number of piperazine rings is 1. The van der Waals surface area contributed by atoms with Crippen molar-refractivity contribution in [2.75, 3.05) is 124 Å². The predicted molar refractivity (Wildman–Crippen MR) is 332 cm³/mol. The number of hydrogen-bond acceptors (Lipinski definition) is 18. The lowest BCUT2D eigenvalue weighted by Crippen LogP contribution is -2.59. The smallest absolute Gasteiger partial charge is 0.293 e. The summed E-state index contributed by atoms with van der Waals surface area (Å²) < 4.78 is 48.6. The molecular weight excluding hydrogens is 1110 g/mol. The zero-order valence-corrected chi connectivity index (χ0v) is 50.4. The Morgan fingerprint density at radius 2 is 1.67 bits per heavy atom. The molecule has 0 bridgehead atoms. The number of aliphatic hydroxyl groups is 1. The molecule has 2 aliphatic carbocycles. The number of pyridine rings is 2. The number of nitro benzene ring substituents is 1. The maximum atomic E-state index is 14.9. The molecule has 6 aromatic rings. The number of anilines is 6. The second kappa shape index (κ2) is 23.9. The first-order valence-electron chi connectivity index (χ1n) is 30.8. The number of nitro groups is 1. The fourth-order valence-corrected chi connectivity index (χ4v) is 15.7. The maximum absolute atomic E-state index is 14.9. The average molecular weight is 1190 g/mol. The molecule has 13 rings (SSSR count). The van der Waals surface area contributed by atoms with Gasteiger partial charge in [0.2, 0.25) is 0 Å². The van der Waals surface area contributed by atoms with E-state index in [1.54, 1.807) is 13.2 Å². The van der Waals surface area contributed by atoms with Crippen LogP contribution >= 0.6 is 0 Å². The van der Waals surface area contributed by atoms with Crippen LogP contribution in [0.25, 0.3) is 11.0 Å². The molecule has 4 saturated heterocycles. The molecule has 22 heteroatoms. The van der Waals surface area contributed by atoms with Crippen LogP contribution in [-0.4, -0.2) is 166 Å². The number of sulfonamides is 1. The first-order chi connectivity index (χ1) is 41.6. The number of aromatic amines is 1. The Morgan fingerprint density at radius 1 is 0.872 bits per heavy atom. The van der Waals surface area contributed by atoms with Gasteiger partial charge < -0.3 is 49.2 Å². The zero-order valence-electron chi connectivity index (χ0n) is 49.6. The largest absolute Gasteiger partial charge is 0.493 e. The highest BCUT2D eigenvalue weighted by atomic mass is 32.2. The lowest BCUT2D eigenvalue weighted by molar-refractivity contribution is -0.384. The summed E-state index contributed by atoms with van der Waals surface area (Å²) in [7, 11) is -2.90. The molecule has 7 aliphatic rings. The highest BCUT2D eigenvalue weighted by Crippen LogP contribution is 2.54. The number of benzene rings is 3. The van der Waals surface area contributed by atoms with Gasteiger partial charge in [-0.2, -0.15) is 0 Å². The molecule has 1 amide bonds. The molecule has 86 heavy (non-hydrogen) atoms. The average Bonchev–Trinajstić information content (AvgIpc) is 1.34. The fraction of sp³-hybridized carbons (Fsp3) is 0.516. The summed E-state index contributed by atoms with van der Waals surface area (Å²) >= 11 is 0. The highest BCUT2D eigenvalue weighted by molar-refractivity contribution is 7.90. The number of rotatable bonds is 15. The normalized spacial score (nSPS) is 24.0. The Bertz CT molecular complexity index is 3590. The maximum Gasteiger partial charge on any atom is 0.293 e. The number of amides is 1. The van der Waals surface area contributed by atoms with Gasteiger partial charge in [-0.05, 0) is 148 Å². The molecule has 3 aromatic carbocycles. The van der Waals surface area contributed by atoms with Crippen molar-refractivity contribution in [3.63, 3.8) is 0 Å². The van der Waals surface area contributed by atoms with Crippen LogP contribution in [0.1, 0.15) is 97.8 Å². The number of carbonyl (C=O) groups is 1. The molecule has 21 nitrogen and oxygen atoms in total. The van der Waals surface area contributed by atoms with Gasteiger partial charge in [-0.1, -0.05) is 24.3 Å². The van der Waals surface area contributed by atoms with E-state index in [1.807, 2.05) is 37.5 Å². The molecule has 3 aromatic heterocycles. The lowest BCUT2D eigenvalue weighted by atomic mass is 9.59. The van der Waals surface area contributed by atoms with Crippen molar-refractivity contribution in [3.8, 4) is 5.75 Å². The molecule has 6 fully saturated rings. The Labute approximate surface area is 503 Å². The third kappa shape index (κ3) is 11.8. The van der Waals surface area contributed by atoms with E-state index < -0.39 is 37.0 Å². The Morgan fingerprint density at radius 3 is 2.45 bits per heavy atom. The number of carbonyl (C=O) groups excluding carboxylic acids is 1. The molecule has 8 heterocycles. The number of H-pyrrole nitrogens is 1. The van der Waals surface area contributed by atoms with Crippen LogP contribution in [0.5, 0.6) is 5.75 Å². The monoisotopic (exact) mass is 1190 g/mol. The van der Waals surface area contributed by atoms with E-state index >= 15 is 0 Å². The van der Waals surface area contributed by atoms with E-state index in [1.165, 1.54) is 23.3 Å². The number of aromatic nitrogens is 3. The molecule has 5 aliphatic heterocycles. The van der Waals surface area contributed by atoms with Crippen LogP contribution in [0.3, 0.4) is 0 Å². The van der Waals surface area contributed by atoms with E-state index in [9.17, 15) is 28.4 Å². The first-order valence-corrected chi connectivity index (χ1v) is 32.3. The molecule has 2 saturated carbocycles. The Hall–Kier alpha value is -7.08. The van der Waals surface area contributed by atoms with Gasteiger partial charge in [-0.15, -0.1) is 0 Å². The summed E-state index contributed by atoms with van der Waals surface area (Å²) in [6.07, 6.45) is 11.8. The van der Waals surface area contributed by atoms with E-state index in [2.05, 4.69) is 87.7 Å². The van der Waals surface area contributed by atoms with Crippen molar-refractivity contribution < 1.29 is 37.5 Å². The quantitative estimate of drug-likeness (QED) is 0.0558. The summed E-state index contributed by atoms with van der Waals surface area (Å²) in [5.41, 5.74) is 6.21. The molecule has 1 spiro atoms. The van der Waals surface area contributed by atoms with E-state index in [4.69, 9.17) is 24.2 Å². The van der Waals surface area contributed by atoms with Crippen molar-refractivity contribution in [3.05, 3.63) is 124 Å². The Kier molecular flexibility index (Phi) is 16.1. The number of fused-ring (bicyclic) bond motifs is 4. The minimum Gasteiger partial charge on any atom is -0.493 e. The highest BCUT2D eigenvalue weighted by Gasteiger charge is 2.50. The number of aryl methyl sites for hydroxylation is 1. The summed E-state index contributed by atoms with van der Waals surface area (Å²) in [6.45, 7) is 15.0. The molecule has 2 atom stereocenters. The summed E-state index contributed by atoms with van der Waals surface area (Å²) in [4.78, 5) is 54.1. The van der Waals surface area contributed by atoms with Gasteiger partial charge in [-0.3, -0.25) is 24.7 Å². The molecule has 4 N–H and O–H groups in total. The van der Waals surface area contributed by atoms with Gasteiger partial charge in [0.15, 0.2) is 17.4 Å². The second-order valence-corrected chi connectivity index (χ2v) is 27.1. The second-order valence-electron chi connectivity index (χ2n) is 25.4. The minimum absolute atomic E-state index is 0.122. The van der Waals surface area contributed by atoms with Crippen LogP contribution < -0.4 is 34.4 Å². The van der Waals surface area contributed by atoms with E-state index in [0.29, 0.717) is 64.1 Å². The van der Waals surface area contributed by atoms with Crippen molar-refractivity contribution in [2.45, 2.75) is 107 Å². The summed E-state index contributed by atoms with van der Waals surface area (Å²) in [6, 6.07) is 25.0. The number of methoxy groups -OCH3 is 1. The standard InChI is InChI=1S/C64H80N12O9S/c1-43-7-4-5-8-51(43)57-41-70(39-45-31-58(83-3)61(67-38-45)72-26-29-84-30-27-72)24-25-73(57)48-35-64(36-48)18-22-71(23-19-64)47-9-11-52(54(33-47)75-40-49-42-85-28-6-21-74(49)60-56(75)32-46-15-20-65-59(46)68-60)62(77)69-86(81,82)50-10-12-53(55(34-50)76(79)80)66-37-44-13-16-63(2,78)17-14-44/h4-5,7-12,15,20,31-34,38,44,48-49,57,66,78H,6,13-14,16-19,21-30,35-37,39-42H2,1-3H3,(H,65,68)(H,69,77)/t44-,49-,57-,63-/m0/s1. The zero-order chi connectivity index (χ0) is 59.3. The topological polar surface area (TPSA) is 227 Å². The van der Waals surface area contributed by atoms with Crippen molar-refractivity contribution in [1.82, 2.24) is 29.5 Å². The SMILES string of the molecule is COc1cc(CN2CCN(C3CC4(CCN(c5ccc(C(=O)NS(=O)(=O)c6ccc(NC[C@H]7CC[C@](C)(O)CC7)c([N+](=O)[O-])c6)c(N6C[C@H]7COCCCN7c7nc8[nH]ccc8cc76)c5)CC4)C3)[C@H](c3ccccc3C)C2)cnc1N1CCOCC1. The van der Waals surface area contributed by atoms with Crippen LogP contribution in [0, 0.1) is 28.4 Å². The number of nitrogens with one attached hydrogen (secondary N) is 3. The van der Waals surface area contributed by atoms with Crippen LogP contribution in [0.4, 0.5) is 40.1 Å². The third-order valence-corrected chi connectivity index (χ3v) is 21.1. The van der Waals surface area contributed by atoms with Crippen molar-refractivity contribution in [1.29, 1.82) is 0 Å². The number of nitrogens with zero attached hydrogens (tertiary/aromatic N) is 9. The lowest BCUT2D eigenvalue weighted by Gasteiger charge is -2.58. The fourth-order valence-electron chi connectivity index (χ4n) is 14.8. The van der Waals surface area contributed by atoms with E-state index in [0.717, 1.165) is 155 Å². The van der Waals surface area contributed by atoms with Crippen molar-refractivity contribution >= 4 is 67.0 Å². The Balaban J connectivity index is 0.737.